The zero-order chi connectivity index (χ0) is 11.7. The minimum atomic E-state index is -0.319. The summed E-state index contributed by atoms with van der Waals surface area (Å²) in [6.07, 6.45) is 1.16. The molecule has 2 saturated heterocycles. The number of ether oxygens (including phenoxy) is 1. The van der Waals surface area contributed by atoms with E-state index in [0.29, 0.717) is 26.0 Å². The van der Waals surface area contributed by atoms with Gasteiger partial charge in [-0.1, -0.05) is 0 Å². The first kappa shape index (κ1) is 11.4. The van der Waals surface area contributed by atoms with E-state index < -0.39 is 0 Å². The molecule has 2 heterocycles. The number of hydrogen-bond donors (Lipinski definition) is 1. The van der Waals surface area contributed by atoms with Gasteiger partial charge in [-0.2, -0.15) is 0 Å². The van der Waals surface area contributed by atoms with Gasteiger partial charge in [-0.15, -0.1) is 0 Å². The number of amides is 2. The number of morpholine rings is 1. The molecule has 2 aliphatic heterocycles. The lowest BCUT2D eigenvalue weighted by molar-refractivity contribution is -0.145. The van der Waals surface area contributed by atoms with E-state index in [9.17, 15) is 9.59 Å². The van der Waals surface area contributed by atoms with Gasteiger partial charge < -0.3 is 15.0 Å². The van der Waals surface area contributed by atoms with Gasteiger partial charge in [0.15, 0.2) is 0 Å². The molecule has 2 amide bonds. The molecule has 0 spiro atoms. The van der Waals surface area contributed by atoms with E-state index in [4.69, 9.17) is 4.74 Å². The highest BCUT2D eigenvalue weighted by molar-refractivity contribution is 5.91. The van der Waals surface area contributed by atoms with Gasteiger partial charge in [0.1, 0.15) is 6.04 Å². The second-order valence-electron chi connectivity index (χ2n) is 4.64. The minimum absolute atomic E-state index is 0.0210. The van der Waals surface area contributed by atoms with Crippen LogP contribution in [0.3, 0.4) is 0 Å². The van der Waals surface area contributed by atoms with Crippen LogP contribution in [0.1, 0.15) is 26.7 Å². The molecule has 0 aromatic carbocycles. The summed E-state index contributed by atoms with van der Waals surface area (Å²) >= 11 is 0. The lowest BCUT2D eigenvalue weighted by Gasteiger charge is -2.38. The van der Waals surface area contributed by atoms with Crippen molar-refractivity contribution in [2.24, 2.45) is 0 Å². The zero-order valence-corrected chi connectivity index (χ0v) is 9.73. The lowest BCUT2D eigenvalue weighted by atomic mass is 10.1. The predicted molar refractivity (Wildman–Crippen MR) is 57.8 cm³/mol. The van der Waals surface area contributed by atoms with Gasteiger partial charge in [0.2, 0.25) is 11.8 Å². The molecule has 3 unspecified atom stereocenters. The first-order valence-electron chi connectivity index (χ1n) is 5.79. The SMILES string of the molecule is CC1CN(C(=O)C2CCC(=O)N2)C(C)CO1. The van der Waals surface area contributed by atoms with E-state index in [-0.39, 0.29) is 30.0 Å². The summed E-state index contributed by atoms with van der Waals surface area (Å²) in [5, 5.41) is 2.72. The third-order valence-electron chi connectivity index (χ3n) is 3.18. The van der Waals surface area contributed by atoms with Gasteiger partial charge in [0.25, 0.3) is 0 Å². The average molecular weight is 226 g/mol. The van der Waals surface area contributed by atoms with E-state index >= 15 is 0 Å². The van der Waals surface area contributed by atoms with Crippen LogP contribution >= 0.6 is 0 Å². The maximum atomic E-state index is 12.2. The molecule has 0 radical (unpaired) electrons. The van der Waals surface area contributed by atoms with Crippen molar-refractivity contribution in [3.05, 3.63) is 0 Å². The highest BCUT2D eigenvalue weighted by Gasteiger charge is 2.35. The largest absolute Gasteiger partial charge is 0.375 e. The number of nitrogens with zero attached hydrogens (tertiary/aromatic N) is 1. The predicted octanol–water partition coefficient (Wildman–Crippen LogP) is -0.0992. The number of hydrogen-bond acceptors (Lipinski definition) is 3. The van der Waals surface area contributed by atoms with Gasteiger partial charge in [0, 0.05) is 13.0 Å². The van der Waals surface area contributed by atoms with Crippen LogP contribution in [-0.4, -0.2) is 48.1 Å². The van der Waals surface area contributed by atoms with Crippen LogP contribution in [-0.2, 0) is 14.3 Å². The molecule has 90 valence electrons. The van der Waals surface area contributed by atoms with Crippen molar-refractivity contribution in [1.29, 1.82) is 0 Å². The number of carbonyl (C=O) groups is 2. The third kappa shape index (κ3) is 2.19. The number of nitrogens with one attached hydrogen (secondary N) is 1. The number of carbonyl (C=O) groups excluding carboxylic acids is 2. The standard InChI is InChI=1S/C11H18N2O3/c1-7-6-16-8(2)5-13(7)11(15)9-3-4-10(14)12-9/h7-9H,3-6H2,1-2H3,(H,12,14). The Morgan fingerprint density at radius 2 is 2.25 bits per heavy atom. The van der Waals surface area contributed by atoms with Crippen LogP contribution in [0.4, 0.5) is 0 Å². The molecule has 1 N–H and O–H groups in total. The summed E-state index contributed by atoms with van der Waals surface area (Å²) in [4.78, 5) is 25.1. The van der Waals surface area contributed by atoms with Crippen LogP contribution in [0.2, 0.25) is 0 Å². The summed E-state index contributed by atoms with van der Waals surface area (Å²) in [5.41, 5.74) is 0. The van der Waals surface area contributed by atoms with Crippen LogP contribution in [0.25, 0.3) is 0 Å². The monoisotopic (exact) mass is 226 g/mol. The molecule has 0 aliphatic carbocycles. The van der Waals surface area contributed by atoms with Gasteiger partial charge in [-0.3, -0.25) is 9.59 Å². The fourth-order valence-electron chi connectivity index (χ4n) is 2.21. The van der Waals surface area contributed by atoms with Gasteiger partial charge in [-0.05, 0) is 20.3 Å². The average Bonchev–Trinajstić information content (AvgIpc) is 2.67. The summed E-state index contributed by atoms with van der Waals surface area (Å²) in [6, 6.07) is -0.221. The summed E-state index contributed by atoms with van der Waals surface area (Å²) in [6.45, 7) is 5.12. The summed E-state index contributed by atoms with van der Waals surface area (Å²) < 4.78 is 5.47. The van der Waals surface area contributed by atoms with Gasteiger partial charge >= 0.3 is 0 Å². The smallest absolute Gasteiger partial charge is 0.245 e. The molecule has 0 aromatic rings. The highest BCUT2D eigenvalue weighted by atomic mass is 16.5. The quantitative estimate of drug-likeness (QED) is 0.679. The summed E-state index contributed by atoms with van der Waals surface area (Å²) in [7, 11) is 0. The molecule has 5 heteroatoms. The fourth-order valence-corrected chi connectivity index (χ4v) is 2.21. The van der Waals surface area contributed by atoms with E-state index in [1.54, 1.807) is 0 Å². The maximum absolute atomic E-state index is 12.2. The highest BCUT2D eigenvalue weighted by Crippen LogP contribution is 2.16. The first-order valence-corrected chi connectivity index (χ1v) is 5.79. The molecule has 0 saturated carbocycles. The van der Waals surface area contributed by atoms with Crippen LogP contribution in [0.15, 0.2) is 0 Å². The molecule has 2 fully saturated rings. The lowest BCUT2D eigenvalue weighted by Crippen LogP contribution is -2.55. The molecule has 0 aromatic heterocycles. The van der Waals surface area contributed by atoms with E-state index in [0.717, 1.165) is 0 Å². The molecule has 0 bridgehead atoms. The second kappa shape index (κ2) is 4.41. The number of rotatable bonds is 1. The van der Waals surface area contributed by atoms with E-state index in [2.05, 4.69) is 5.32 Å². The Hall–Kier alpha value is -1.10. The van der Waals surface area contributed by atoms with Gasteiger partial charge in [-0.25, -0.2) is 0 Å². The minimum Gasteiger partial charge on any atom is -0.375 e. The molecular formula is C11H18N2O3. The zero-order valence-electron chi connectivity index (χ0n) is 9.73. The Bertz CT molecular complexity index is 306. The van der Waals surface area contributed by atoms with Crippen LogP contribution < -0.4 is 5.32 Å². The maximum Gasteiger partial charge on any atom is 0.245 e. The van der Waals surface area contributed by atoms with Crippen LogP contribution in [0, 0.1) is 0 Å². The molecular weight excluding hydrogens is 208 g/mol. The molecule has 16 heavy (non-hydrogen) atoms. The topological polar surface area (TPSA) is 58.6 Å². The van der Waals surface area contributed by atoms with E-state index in [1.165, 1.54) is 0 Å². The second-order valence-corrected chi connectivity index (χ2v) is 4.64. The Labute approximate surface area is 95.1 Å². The first-order chi connectivity index (χ1) is 7.58. The Balaban J connectivity index is 2.00. The Morgan fingerprint density at radius 1 is 1.50 bits per heavy atom. The van der Waals surface area contributed by atoms with Crippen molar-refractivity contribution < 1.29 is 14.3 Å². The van der Waals surface area contributed by atoms with E-state index in [1.807, 2.05) is 18.7 Å². The molecule has 2 rings (SSSR count). The van der Waals surface area contributed by atoms with Crippen molar-refractivity contribution in [2.45, 2.75) is 44.9 Å². The fraction of sp³-hybridized carbons (Fsp3) is 0.818. The van der Waals surface area contributed by atoms with Crippen molar-refractivity contribution in [1.82, 2.24) is 10.2 Å². The Kier molecular flexibility index (Phi) is 3.14. The van der Waals surface area contributed by atoms with Crippen molar-refractivity contribution in [3.8, 4) is 0 Å². The normalized spacial score (nSPS) is 35.0. The Morgan fingerprint density at radius 3 is 2.88 bits per heavy atom. The third-order valence-corrected chi connectivity index (χ3v) is 3.18. The molecule has 5 nitrogen and oxygen atoms in total. The van der Waals surface area contributed by atoms with Crippen molar-refractivity contribution in [3.63, 3.8) is 0 Å². The van der Waals surface area contributed by atoms with Gasteiger partial charge in [0.05, 0.1) is 18.8 Å². The van der Waals surface area contributed by atoms with Crippen molar-refractivity contribution in [2.75, 3.05) is 13.2 Å². The summed E-state index contributed by atoms with van der Waals surface area (Å²) in [5.74, 6) is 0.0146. The molecule has 3 atom stereocenters. The van der Waals surface area contributed by atoms with Crippen LogP contribution in [0.5, 0.6) is 0 Å². The van der Waals surface area contributed by atoms with Crippen molar-refractivity contribution >= 4 is 11.8 Å². The molecule has 2 aliphatic rings.